The summed E-state index contributed by atoms with van der Waals surface area (Å²) in [5, 5.41) is 22.5. The summed E-state index contributed by atoms with van der Waals surface area (Å²) < 4.78 is 5.13. The van der Waals surface area contributed by atoms with Gasteiger partial charge < -0.3 is 20.3 Å². The van der Waals surface area contributed by atoms with Gasteiger partial charge in [0.2, 0.25) is 0 Å². The van der Waals surface area contributed by atoms with Gasteiger partial charge in [-0.25, -0.2) is 0 Å². The second-order valence-corrected chi connectivity index (χ2v) is 4.85. The lowest BCUT2D eigenvalue weighted by Gasteiger charge is -2.34. The van der Waals surface area contributed by atoms with Crippen molar-refractivity contribution >= 4 is 5.97 Å². The third-order valence-corrected chi connectivity index (χ3v) is 3.53. The van der Waals surface area contributed by atoms with Crippen LogP contribution in [-0.2, 0) is 4.79 Å². The molecule has 0 amide bonds. The quantitative estimate of drug-likeness (QED) is 0.709. The Bertz CT molecular complexity index is 466. The van der Waals surface area contributed by atoms with Crippen molar-refractivity contribution in [2.24, 2.45) is 0 Å². The van der Waals surface area contributed by atoms with Crippen LogP contribution >= 0.6 is 0 Å². The molecule has 20 heavy (non-hydrogen) atoms. The minimum atomic E-state index is -0.866. The molecule has 6 heteroatoms. The molecule has 6 nitrogen and oxygen atoms in total. The molecule has 2 unspecified atom stereocenters. The predicted molar refractivity (Wildman–Crippen MR) is 73.8 cm³/mol. The number of aliphatic hydroxyl groups is 1. The number of hydrogen-bond donors (Lipinski definition) is 3. The highest BCUT2D eigenvalue weighted by Gasteiger charge is 2.29. The lowest BCUT2D eigenvalue weighted by Crippen LogP contribution is -2.55. The summed E-state index contributed by atoms with van der Waals surface area (Å²) in [6.45, 7) is 2.04. The number of hydrogen-bond acceptors (Lipinski definition) is 5. The van der Waals surface area contributed by atoms with E-state index in [9.17, 15) is 15.0 Å². The molecule has 1 aromatic carbocycles. The number of benzene rings is 1. The zero-order valence-electron chi connectivity index (χ0n) is 11.5. The molecule has 1 heterocycles. The number of ether oxygens (including phenoxy) is 1. The van der Waals surface area contributed by atoms with Gasteiger partial charge in [0, 0.05) is 26.2 Å². The van der Waals surface area contributed by atoms with Crippen molar-refractivity contribution < 1.29 is 19.7 Å². The fraction of sp³-hybridized carbons (Fsp3) is 0.500. The first kappa shape index (κ1) is 14.8. The molecule has 1 aliphatic heterocycles. The van der Waals surface area contributed by atoms with Crippen molar-refractivity contribution in [2.75, 3.05) is 33.3 Å². The number of rotatable bonds is 5. The van der Waals surface area contributed by atoms with E-state index >= 15 is 0 Å². The van der Waals surface area contributed by atoms with Crippen LogP contribution < -0.4 is 10.1 Å². The van der Waals surface area contributed by atoms with Gasteiger partial charge in [-0.3, -0.25) is 9.69 Å². The van der Waals surface area contributed by atoms with E-state index in [4.69, 9.17) is 4.74 Å². The number of nitrogens with one attached hydrogen (secondary N) is 1. The maximum atomic E-state index is 11.2. The smallest absolute Gasteiger partial charge is 0.322 e. The second kappa shape index (κ2) is 6.69. The minimum absolute atomic E-state index is 0.297. The fourth-order valence-corrected chi connectivity index (χ4v) is 2.38. The van der Waals surface area contributed by atoms with Crippen LogP contribution in [0.4, 0.5) is 0 Å². The number of carboxylic acid groups (broad SMARTS) is 1. The highest BCUT2D eigenvalue weighted by molar-refractivity contribution is 5.74. The number of methoxy groups -OCH3 is 1. The molecule has 0 aliphatic carbocycles. The number of carbonyl (C=O) groups is 1. The predicted octanol–water partition coefficient (Wildman–Crippen LogP) is 0.0870. The molecule has 1 aliphatic rings. The topological polar surface area (TPSA) is 82.0 Å². The average molecular weight is 280 g/mol. The molecule has 0 radical (unpaired) electrons. The number of piperazine rings is 1. The van der Waals surface area contributed by atoms with Crippen LogP contribution in [0.2, 0.25) is 0 Å². The lowest BCUT2D eigenvalue weighted by molar-refractivity contribution is -0.144. The van der Waals surface area contributed by atoms with E-state index in [0.29, 0.717) is 25.4 Å². The molecule has 1 aromatic rings. The molecule has 0 bridgehead atoms. The zero-order valence-corrected chi connectivity index (χ0v) is 11.5. The van der Waals surface area contributed by atoms with Gasteiger partial charge in [0.05, 0.1) is 13.2 Å². The second-order valence-electron chi connectivity index (χ2n) is 4.85. The van der Waals surface area contributed by atoms with Gasteiger partial charge in [-0.05, 0) is 17.7 Å². The van der Waals surface area contributed by atoms with Crippen molar-refractivity contribution in [3.63, 3.8) is 0 Å². The zero-order chi connectivity index (χ0) is 14.5. The number of carboxylic acids is 1. The molecule has 110 valence electrons. The van der Waals surface area contributed by atoms with E-state index in [1.807, 2.05) is 12.1 Å². The number of β-amino-alcohol motifs (C(OH)–C–C–N with tert-alkyl or cyclic N) is 1. The van der Waals surface area contributed by atoms with Gasteiger partial charge in [0.25, 0.3) is 0 Å². The molecule has 1 fully saturated rings. The summed E-state index contributed by atoms with van der Waals surface area (Å²) in [7, 11) is 1.57. The van der Waals surface area contributed by atoms with Crippen LogP contribution in [0.3, 0.4) is 0 Å². The Kier molecular flexibility index (Phi) is 4.94. The van der Waals surface area contributed by atoms with E-state index in [-0.39, 0.29) is 0 Å². The minimum Gasteiger partial charge on any atom is -0.497 e. The van der Waals surface area contributed by atoms with Crippen molar-refractivity contribution in [1.29, 1.82) is 0 Å². The highest BCUT2D eigenvalue weighted by atomic mass is 16.5. The summed E-state index contributed by atoms with van der Waals surface area (Å²) in [5.41, 5.74) is 0.729. The average Bonchev–Trinajstić information content (AvgIpc) is 2.47. The first-order chi connectivity index (χ1) is 9.61. The maximum absolute atomic E-state index is 11.2. The fourth-order valence-electron chi connectivity index (χ4n) is 2.38. The molecule has 2 atom stereocenters. The third-order valence-electron chi connectivity index (χ3n) is 3.53. The largest absolute Gasteiger partial charge is 0.497 e. The van der Waals surface area contributed by atoms with Crippen molar-refractivity contribution in [1.82, 2.24) is 10.2 Å². The SMILES string of the molecule is COc1cccc(C(O)CN2CCNCC2C(=O)O)c1. The summed E-state index contributed by atoms with van der Waals surface area (Å²) in [4.78, 5) is 13.0. The van der Waals surface area contributed by atoms with E-state index in [1.165, 1.54) is 0 Å². The lowest BCUT2D eigenvalue weighted by atomic mass is 10.1. The van der Waals surface area contributed by atoms with E-state index in [1.54, 1.807) is 24.1 Å². The molecule has 2 rings (SSSR count). The molecular weight excluding hydrogens is 260 g/mol. The van der Waals surface area contributed by atoms with E-state index < -0.39 is 18.1 Å². The number of nitrogens with zero attached hydrogens (tertiary/aromatic N) is 1. The summed E-state index contributed by atoms with van der Waals surface area (Å²) in [6.07, 6.45) is -0.731. The standard InChI is InChI=1S/C14H20N2O4/c1-20-11-4-2-3-10(7-11)13(17)9-16-6-5-15-8-12(16)14(18)19/h2-4,7,12-13,15,17H,5-6,8-9H2,1H3,(H,18,19). The Labute approximate surface area is 118 Å². The van der Waals surface area contributed by atoms with Crippen molar-refractivity contribution in [3.05, 3.63) is 29.8 Å². The van der Waals surface area contributed by atoms with Gasteiger partial charge in [-0.2, -0.15) is 0 Å². The van der Waals surface area contributed by atoms with Crippen LogP contribution in [0.1, 0.15) is 11.7 Å². The maximum Gasteiger partial charge on any atom is 0.322 e. The molecule has 3 N–H and O–H groups in total. The van der Waals surface area contributed by atoms with Gasteiger partial charge in [-0.1, -0.05) is 12.1 Å². The highest BCUT2D eigenvalue weighted by Crippen LogP contribution is 2.21. The van der Waals surface area contributed by atoms with Crippen LogP contribution in [0.15, 0.2) is 24.3 Å². The normalized spacial score (nSPS) is 21.4. The molecule has 1 saturated heterocycles. The Balaban J connectivity index is 2.05. The summed E-state index contributed by atoms with van der Waals surface area (Å²) >= 11 is 0. The summed E-state index contributed by atoms with van der Waals surface area (Å²) in [6, 6.07) is 6.60. The van der Waals surface area contributed by atoms with Crippen LogP contribution in [0.5, 0.6) is 5.75 Å². The molecule has 0 spiro atoms. The van der Waals surface area contributed by atoms with Gasteiger partial charge >= 0.3 is 5.97 Å². The Morgan fingerprint density at radius 1 is 1.60 bits per heavy atom. The van der Waals surface area contributed by atoms with Gasteiger partial charge in [-0.15, -0.1) is 0 Å². The van der Waals surface area contributed by atoms with Gasteiger partial charge in [0.15, 0.2) is 0 Å². The summed E-state index contributed by atoms with van der Waals surface area (Å²) in [5.74, 6) is -0.188. The van der Waals surface area contributed by atoms with Crippen molar-refractivity contribution in [2.45, 2.75) is 12.1 Å². The third kappa shape index (κ3) is 3.47. The molecule has 0 aromatic heterocycles. The first-order valence-electron chi connectivity index (χ1n) is 6.61. The number of aliphatic carboxylic acids is 1. The Hall–Kier alpha value is -1.63. The van der Waals surface area contributed by atoms with Crippen LogP contribution in [0.25, 0.3) is 0 Å². The Morgan fingerprint density at radius 3 is 3.10 bits per heavy atom. The first-order valence-corrected chi connectivity index (χ1v) is 6.61. The monoisotopic (exact) mass is 280 g/mol. The van der Waals surface area contributed by atoms with Crippen LogP contribution in [-0.4, -0.2) is 60.4 Å². The number of aliphatic hydroxyl groups excluding tert-OH is 1. The molecular formula is C14H20N2O4. The van der Waals surface area contributed by atoms with E-state index in [0.717, 1.165) is 12.1 Å². The van der Waals surface area contributed by atoms with Crippen LogP contribution in [0, 0.1) is 0 Å². The Morgan fingerprint density at radius 2 is 2.40 bits per heavy atom. The van der Waals surface area contributed by atoms with Gasteiger partial charge in [0.1, 0.15) is 11.8 Å². The molecule has 0 saturated carbocycles. The van der Waals surface area contributed by atoms with E-state index in [2.05, 4.69) is 5.32 Å². The van der Waals surface area contributed by atoms with Crippen molar-refractivity contribution in [3.8, 4) is 5.75 Å².